The highest BCUT2D eigenvalue weighted by molar-refractivity contribution is 7.13. The molecule has 0 spiro atoms. The molecule has 0 N–H and O–H groups in total. The highest BCUT2D eigenvalue weighted by Gasteiger charge is 2.25. The van der Waals surface area contributed by atoms with Gasteiger partial charge in [0.05, 0.1) is 17.0 Å². The van der Waals surface area contributed by atoms with Gasteiger partial charge in [0.15, 0.2) is 0 Å². The van der Waals surface area contributed by atoms with Crippen molar-refractivity contribution in [2.45, 2.75) is 6.54 Å². The number of para-hydroxylation sites is 2. The standard InChI is InChI=1S/C26H26N4O4S/c31-26(21-9-4-5-10-22(21)33-17-16-32-20-7-2-1-3-8-20)30-14-12-29(13-15-30)19-24-27-25(28-34-24)23-11-6-18-35-23/h1-11,18H,12-17,19H2. The van der Waals surface area contributed by atoms with Crippen molar-refractivity contribution in [2.75, 3.05) is 39.4 Å². The summed E-state index contributed by atoms with van der Waals surface area (Å²) in [5.74, 6) is 2.55. The lowest BCUT2D eigenvalue weighted by molar-refractivity contribution is 0.0610. The lowest BCUT2D eigenvalue weighted by Crippen LogP contribution is -2.48. The van der Waals surface area contributed by atoms with Gasteiger partial charge in [-0.3, -0.25) is 9.69 Å². The molecule has 0 unspecified atom stereocenters. The van der Waals surface area contributed by atoms with Gasteiger partial charge in [-0.05, 0) is 35.7 Å². The van der Waals surface area contributed by atoms with E-state index in [2.05, 4.69) is 15.0 Å². The zero-order chi connectivity index (χ0) is 23.9. The fraction of sp³-hybridized carbons (Fsp3) is 0.269. The van der Waals surface area contributed by atoms with Crippen molar-refractivity contribution in [3.8, 4) is 22.2 Å². The third kappa shape index (κ3) is 5.87. The van der Waals surface area contributed by atoms with Crippen LogP contribution in [0, 0.1) is 0 Å². The molecule has 1 aliphatic rings. The number of thiophene rings is 1. The zero-order valence-electron chi connectivity index (χ0n) is 19.2. The number of carbonyl (C=O) groups is 1. The van der Waals surface area contributed by atoms with Gasteiger partial charge < -0.3 is 18.9 Å². The smallest absolute Gasteiger partial charge is 0.257 e. The molecule has 0 radical (unpaired) electrons. The molecule has 5 rings (SSSR count). The number of rotatable bonds is 9. The van der Waals surface area contributed by atoms with Crippen LogP contribution in [0.15, 0.2) is 76.6 Å². The molecule has 0 saturated carbocycles. The van der Waals surface area contributed by atoms with Crippen LogP contribution in [0.4, 0.5) is 0 Å². The predicted molar refractivity (Wildman–Crippen MR) is 133 cm³/mol. The van der Waals surface area contributed by atoms with E-state index in [0.29, 0.717) is 55.9 Å². The molecule has 1 amide bonds. The third-order valence-electron chi connectivity index (χ3n) is 5.70. The fourth-order valence-electron chi connectivity index (χ4n) is 3.89. The molecule has 8 nitrogen and oxygen atoms in total. The molecule has 2 aromatic heterocycles. The predicted octanol–water partition coefficient (Wildman–Crippen LogP) is 4.21. The lowest BCUT2D eigenvalue weighted by Gasteiger charge is -2.34. The van der Waals surface area contributed by atoms with Crippen LogP contribution < -0.4 is 9.47 Å². The molecule has 3 heterocycles. The second-order valence-electron chi connectivity index (χ2n) is 8.06. The van der Waals surface area contributed by atoms with Crippen molar-refractivity contribution in [3.05, 3.63) is 83.6 Å². The number of benzene rings is 2. The van der Waals surface area contributed by atoms with Crippen LogP contribution in [-0.2, 0) is 6.54 Å². The minimum absolute atomic E-state index is 0.0259. The van der Waals surface area contributed by atoms with E-state index in [1.807, 2.05) is 77.0 Å². The number of nitrogens with zero attached hydrogens (tertiary/aromatic N) is 4. The van der Waals surface area contributed by atoms with Crippen LogP contribution in [-0.4, -0.2) is 65.2 Å². The Balaban J connectivity index is 1.12. The van der Waals surface area contributed by atoms with Crippen molar-refractivity contribution in [3.63, 3.8) is 0 Å². The maximum atomic E-state index is 13.2. The minimum atomic E-state index is -0.0259. The average molecular weight is 491 g/mol. The molecule has 35 heavy (non-hydrogen) atoms. The minimum Gasteiger partial charge on any atom is -0.490 e. The van der Waals surface area contributed by atoms with Gasteiger partial charge in [0.1, 0.15) is 24.7 Å². The van der Waals surface area contributed by atoms with Gasteiger partial charge in [0, 0.05) is 26.2 Å². The van der Waals surface area contributed by atoms with E-state index in [1.165, 1.54) is 0 Å². The number of carbonyl (C=O) groups excluding carboxylic acids is 1. The summed E-state index contributed by atoms with van der Waals surface area (Å²) in [6, 6.07) is 20.9. The highest BCUT2D eigenvalue weighted by atomic mass is 32.1. The first-order valence-corrected chi connectivity index (χ1v) is 12.4. The summed E-state index contributed by atoms with van der Waals surface area (Å²) in [6.45, 7) is 4.03. The van der Waals surface area contributed by atoms with Crippen LogP contribution in [0.2, 0.25) is 0 Å². The van der Waals surface area contributed by atoms with E-state index in [9.17, 15) is 4.79 Å². The molecule has 2 aromatic carbocycles. The van der Waals surface area contributed by atoms with Crippen molar-refractivity contribution < 1.29 is 18.8 Å². The Labute approximate surface area is 207 Å². The van der Waals surface area contributed by atoms with Crippen molar-refractivity contribution in [2.24, 2.45) is 0 Å². The summed E-state index contributed by atoms with van der Waals surface area (Å²) in [6.07, 6.45) is 0. The Hall–Kier alpha value is -3.69. The molecule has 0 bridgehead atoms. The Morgan fingerprint density at radius 3 is 2.49 bits per heavy atom. The van der Waals surface area contributed by atoms with Gasteiger partial charge in [-0.2, -0.15) is 4.98 Å². The summed E-state index contributed by atoms with van der Waals surface area (Å²) in [5.41, 5.74) is 0.568. The topological polar surface area (TPSA) is 80.9 Å². The summed E-state index contributed by atoms with van der Waals surface area (Å²) in [4.78, 5) is 22.8. The number of hydrogen-bond acceptors (Lipinski definition) is 8. The lowest BCUT2D eigenvalue weighted by atomic mass is 10.1. The molecule has 0 atom stereocenters. The normalized spacial score (nSPS) is 14.1. The van der Waals surface area contributed by atoms with Crippen LogP contribution in [0.1, 0.15) is 16.2 Å². The van der Waals surface area contributed by atoms with E-state index in [1.54, 1.807) is 11.3 Å². The van der Waals surface area contributed by atoms with Gasteiger partial charge in [-0.1, -0.05) is 41.6 Å². The van der Waals surface area contributed by atoms with Crippen LogP contribution in [0.25, 0.3) is 10.7 Å². The van der Waals surface area contributed by atoms with Crippen LogP contribution in [0.3, 0.4) is 0 Å². The SMILES string of the molecule is O=C(c1ccccc1OCCOc1ccccc1)N1CCN(Cc2nc(-c3cccs3)no2)CC1. The summed E-state index contributed by atoms with van der Waals surface area (Å²) < 4.78 is 17.0. The Bertz CT molecular complexity index is 1220. The first kappa shape index (κ1) is 23.1. The van der Waals surface area contributed by atoms with E-state index in [0.717, 1.165) is 23.7 Å². The molecule has 0 aliphatic carbocycles. The Morgan fingerprint density at radius 1 is 0.914 bits per heavy atom. The number of aromatic nitrogens is 2. The number of ether oxygens (including phenoxy) is 2. The summed E-state index contributed by atoms with van der Waals surface area (Å²) in [7, 11) is 0. The van der Waals surface area contributed by atoms with Gasteiger partial charge in [-0.15, -0.1) is 11.3 Å². The van der Waals surface area contributed by atoms with Gasteiger partial charge >= 0.3 is 0 Å². The van der Waals surface area contributed by atoms with Crippen molar-refractivity contribution >= 4 is 17.2 Å². The first-order chi connectivity index (χ1) is 17.3. The third-order valence-corrected chi connectivity index (χ3v) is 6.56. The van der Waals surface area contributed by atoms with Crippen LogP contribution >= 0.6 is 11.3 Å². The monoisotopic (exact) mass is 490 g/mol. The number of amides is 1. The van der Waals surface area contributed by atoms with E-state index < -0.39 is 0 Å². The summed E-state index contributed by atoms with van der Waals surface area (Å²) in [5, 5.41) is 6.06. The Morgan fingerprint density at radius 2 is 1.69 bits per heavy atom. The fourth-order valence-corrected chi connectivity index (χ4v) is 4.54. The quantitative estimate of drug-likeness (QED) is 0.325. The molecule has 9 heteroatoms. The van der Waals surface area contributed by atoms with E-state index in [4.69, 9.17) is 14.0 Å². The molecule has 1 fully saturated rings. The maximum Gasteiger partial charge on any atom is 0.257 e. The molecule has 1 aliphatic heterocycles. The summed E-state index contributed by atoms with van der Waals surface area (Å²) >= 11 is 1.58. The van der Waals surface area contributed by atoms with Crippen LogP contribution in [0.5, 0.6) is 11.5 Å². The molecule has 4 aromatic rings. The van der Waals surface area contributed by atoms with Crippen molar-refractivity contribution in [1.29, 1.82) is 0 Å². The number of piperazine rings is 1. The molecule has 180 valence electrons. The molecule has 1 saturated heterocycles. The second-order valence-corrected chi connectivity index (χ2v) is 9.01. The largest absolute Gasteiger partial charge is 0.490 e. The number of hydrogen-bond donors (Lipinski definition) is 0. The van der Waals surface area contributed by atoms with Gasteiger partial charge in [0.25, 0.3) is 5.91 Å². The Kier molecular flexibility index (Phi) is 7.35. The molecular weight excluding hydrogens is 464 g/mol. The van der Waals surface area contributed by atoms with Crippen molar-refractivity contribution in [1.82, 2.24) is 19.9 Å². The average Bonchev–Trinajstić information content (AvgIpc) is 3.60. The van der Waals surface area contributed by atoms with Gasteiger partial charge in [-0.25, -0.2) is 0 Å². The van der Waals surface area contributed by atoms with E-state index >= 15 is 0 Å². The first-order valence-electron chi connectivity index (χ1n) is 11.5. The zero-order valence-corrected chi connectivity index (χ0v) is 20.0. The maximum absolute atomic E-state index is 13.2. The second kappa shape index (κ2) is 11.2. The van der Waals surface area contributed by atoms with E-state index in [-0.39, 0.29) is 5.91 Å². The van der Waals surface area contributed by atoms with Gasteiger partial charge in [0.2, 0.25) is 11.7 Å². The highest BCUT2D eigenvalue weighted by Crippen LogP contribution is 2.23. The molecular formula is C26H26N4O4S.